The molecule has 0 fully saturated rings. The molecule has 1 N–H and O–H groups in total. The lowest BCUT2D eigenvalue weighted by atomic mass is 10.2. The minimum atomic E-state index is -3.65. The van der Waals surface area contributed by atoms with Crippen molar-refractivity contribution >= 4 is 21.6 Å². The summed E-state index contributed by atoms with van der Waals surface area (Å²) in [6.45, 7) is 8.77. The summed E-state index contributed by atoms with van der Waals surface area (Å²) in [5, 5.41) is 2.59. The van der Waals surface area contributed by atoms with Gasteiger partial charge in [-0.25, -0.2) is 12.8 Å². The maximum Gasteiger partial charge on any atom is 0.255 e. The number of carbonyl (C=O) groups is 1. The summed E-state index contributed by atoms with van der Waals surface area (Å²) in [6.07, 6.45) is 0. The van der Waals surface area contributed by atoms with Crippen molar-refractivity contribution < 1.29 is 17.6 Å². The number of nitrogens with zero attached hydrogens (tertiary/aromatic N) is 1. The van der Waals surface area contributed by atoms with Crippen LogP contribution in [0.4, 0.5) is 10.1 Å². The van der Waals surface area contributed by atoms with Crippen LogP contribution in [0.15, 0.2) is 53.4 Å². The first-order chi connectivity index (χ1) is 13.1. The minimum Gasteiger partial charge on any atom is -0.322 e. The van der Waals surface area contributed by atoms with Crippen molar-refractivity contribution in [2.24, 2.45) is 11.8 Å². The van der Waals surface area contributed by atoms with Gasteiger partial charge >= 0.3 is 0 Å². The van der Waals surface area contributed by atoms with Gasteiger partial charge in [0.05, 0.1) is 4.90 Å². The van der Waals surface area contributed by atoms with Gasteiger partial charge in [0.1, 0.15) is 5.82 Å². The smallest absolute Gasteiger partial charge is 0.255 e. The second-order valence-corrected chi connectivity index (χ2v) is 9.54. The molecule has 0 radical (unpaired) electrons. The quantitative estimate of drug-likeness (QED) is 0.707. The summed E-state index contributed by atoms with van der Waals surface area (Å²) in [5.74, 6) is -0.486. The molecule has 0 aromatic heterocycles. The van der Waals surface area contributed by atoms with Gasteiger partial charge < -0.3 is 5.32 Å². The van der Waals surface area contributed by atoms with E-state index in [1.165, 1.54) is 46.8 Å². The average Bonchev–Trinajstić information content (AvgIpc) is 2.60. The fraction of sp³-hybridized carbons (Fsp3) is 0.381. The molecule has 28 heavy (non-hydrogen) atoms. The summed E-state index contributed by atoms with van der Waals surface area (Å²) in [4.78, 5) is 12.5. The fourth-order valence-corrected chi connectivity index (χ4v) is 4.55. The van der Waals surface area contributed by atoms with Crippen LogP contribution in [0.25, 0.3) is 0 Å². The summed E-state index contributed by atoms with van der Waals surface area (Å²) < 4.78 is 40.7. The van der Waals surface area contributed by atoms with Gasteiger partial charge in [0, 0.05) is 24.3 Å². The van der Waals surface area contributed by atoms with Crippen molar-refractivity contribution in [1.29, 1.82) is 0 Å². The molecule has 152 valence electrons. The number of carbonyl (C=O) groups excluding carboxylic acids is 1. The fourth-order valence-electron chi connectivity index (χ4n) is 2.78. The largest absolute Gasteiger partial charge is 0.322 e. The first kappa shape index (κ1) is 22.0. The van der Waals surface area contributed by atoms with Crippen LogP contribution < -0.4 is 5.32 Å². The van der Waals surface area contributed by atoms with Crippen LogP contribution >= 0.6 is 0 Å². The van der Waals surface area contributed by atoms with Crippen LogP contribution in [0, 0.1) is 17.7 Å². The van der Waals surface area contributed by atoms with Crippen molar-refractivity contribution in [3.05, 3.63) is 59.9 Å². The number of amides is 1. The molecule has 2 aromatic carbocycles. The second kappa shape index (κ2) is 9.30. The molecule has 0 unspecified atom stereocenters. The lowest BCUT2D eigenvalue weighted by molar-refractivity contribution is 0.102. The van der Waals surface area contributed by atoms with E-state index in [-0.39, 0.29) is 16.7 Å². The molecule has 0 aliphatic carbocycles. The minimum absolute atomic E-state index is 0.149. The van der Waals surface area contributed by atoms with Crippen LogP contribution in [-0.4, -0.2) is 31.7 Å². The highest BCUT2D eigenvalue weighted by Gasteiger charge is 2.26. The van der Waals surface area contributed by atoms with Gasteiger partial charge in [0.25, 0.3) is 5.91 Å². The SMILES string of the molecule is CC(C)CN(CC(C)C)S(=O)(=O)c1ccc(C(=O)Nc2cccc(F)c2)cc1. The molecule has 0 heterocycles. The van der Waals surface area contributed by atoms with Crippen LogP contribution in [0.1, 0.15) is 38.1 Å². The molecular weight excluding hydrogens is 379 g/mol. The number of rotatable bonds is 8. The topological polar surface area (TPSA) is 66.5 Å². The molecule has 5 nitrogen and oxygen atoms in total. The van der Waals surface area contributed by atoms with E-state index in [0.29, 0.717) is 24.3 Å². The number of anilines is 1. The first-order valence-corrected chi connectivity index (χ1v) is 10.7. The summed E-state index contributed by atoms with van der Waals surface area (Å²) in [7, 11) is -3.65. The van der Waals surface area contributed by atoms with Gasteiger partial charge in [-0.05, 0) is 54.3 Å². The molecule has 7 heteroatoms. The van der Waals surface area contributed by atoms with Crippen molar-refractivity contribution in [3.63, 3.8) is 0 Å². The van der Waals surface area contributed by atoms with E-state index in [9.17, 15) is 17.6 Å². The third-order valence-electron chi connectivity index (χ3n) is 3.97. The molecule has 0 atom stereocenters. The molecule has 1 amide bonds. The van der Waals surface area contributed by atoms with Crippen LogP contribution in [0.3, 0.4) is 0 Å². The van der Waals surface area contributed by atoms with Crippen LogP contribution in [-0.2, 0) is 10.0 Å². The second-order valence-electron chi connectivity index (χ2n) is 7.60. The summed E-state index contributed by atoms with van der Waals surface area (Å²) in [5.41, 5.74) is 0.629. The normalized spacial score (nSPS) is 12.0. The lowest BCUT2D eigenvalue weighted by Crippen LogP contribution is -2.37. The Bertz CT molecular complexity index is 900. The van der Waals surface area contributed by atoms with Crippen molar-refractivity contribution in [2.45, 2.75) is 32.6 Å². The Morgan fingerprint density at radius 2 is 1.57 bits per heavy atom. The Kier molecular flexibility index (Phi) is 7.32. The Morgan fingerprint density at radius 3 is 2.07 bits per heavy atom. The van der Waals surface area contributed by atoms with Gasteiger partial charge in [0.2, 0.25) is 10.0 Å². The molecule has 0 aliphatic heterocycles. The van der Waals surface area contributed by atoms with E-state index in [0.717, 1.165) is 0 Å². The summed E-state index contributed by atoms with van der Waals surface area (Å²) >= 11 is 0. The highest BCUT2D eigenvalue weighted by atomic mass is 32.2. The molecule has 0 saturated carbocycles. The molecule has 2 rings (SSSR count). The Labute approximate surface area is 166 Å². The monoisotopic (exact) mass is 406 g/mol. The number of sulfonamides is 1. The molecule has 0 bridgehead atoms. The van der Waals surface area contributed by atoms with E-state index in [1.807, 2.05) is 27.7 Å². The standard InChI is InChI=1S/C21H27FN2O3S/c1-15(2)13-24(14-16(3)4)28(26,27)20-10-8-17(9-11-20)21(25)23-19-7-5-6-18(22)12-19/h5-12,15-16H,13-14H2,1-4H3,(H,23,25). The molecular formula is C21H27FN2O3S. The number of hydrogen-bond acceptors (Lipinski definition) is 3. The highest BCUT2D eigenvalue weighted by Crippen LogP contribution is 2.20. The Morgan fingerprint density at radius 1 is 1.00 bits per heavy atom. The van der Waals surface area contributed by atoms with E-state index in [1.54, 1.807) is 6.07 Å². The predicted octanol–water partition coefficient (Wildman–Crippen LogP) is 4.38. The molecule has 0 saturated heterocycles. The van der Waals surface area contributed by atoms with Crippen molar-refractivity contribution in [2.75, 3.05) is 18.4 Å². The predicted molar refractivity (Wildman–Crippen MR) is 109 cm³/mol. The zero-order valence-electron chi connectivity index (χ0n) is 16.6. The summed E-state index contributed by atoms with van der Waals surface area (Å²) in [6, 6.07) is 11.4. The van der Waals surface area contributed by atoms with Gasteiger partial charge in [-0.15, -0.1) is 0 Å². The van der Waals surface area contributed by atoms with Gasteiger partial charge in [-0.2, -0.15) is 4.31 Å². The average molecular weight is 407 g/mol. The third-order valence-corrected chi connectivity index (χ3v) is 5.82. The van der Waals surface area contributed by atoms with Crippen molar-refractivity contribution in [3.8, 4) is 0 Å². The molecule has 0 spiro atoms. The van der Waals surface area contributed by atoms with E-state index in [2.05, 4.69) is 5.32 Å². The van der Waals surface area contributed by atoms with Crippen LogP contribution in [0.5, 0.6) is 0 Å². The number of benzene rings is 2. The number of hydrogen-bond donors (Lipinski definition) is 1. The molecule has 0 aliphatic rings. The Hall–Kier alpha value is -2.25. The maximum atomic E-state index is 13.2. The van der Waals surface area contributed by atoms with Gasteiger partial charge in [-0.1, -0.05) is 33.8 Å². The van der Waals surface area contributed by atoms with E-state index < -0.39 is 21.7 Å². The molecule has 2 aromatic rings. The zero-order chi connectivity index (χ0) is 20.9. The lowest BCUT2D eigenvalue weighted by Gasteiger charge is -2.25. The number of nitrogens with one attached hydrogen (secondary N) is 1. The third kappa shape index (κ3) is 5.87. The highest BCUT2D eigenvalue weighted by molar-refractivity contribution is 7.89. The van der Waals surface area contributed by atoms with E-state index >= 15 is 0 Å². The Balaban J connectivity index is 2.20. The van der Waals surface area contributed by atoms with Crippen molar-refractivity contribution in [1.82, 2.24) is 4.31 Å². The maximum absolute atomic E-state index is 13.2. The van der Waals surface area contributed by atoms with Crippen LogP contribution in [0.2, 0.25) is 0 Å². The van der Waals surface area contributed by atoms with Gasteiger partial charge in [-0.3, -0.25) is 4.79 Å². The van der Waals surface area contributed by atoms with Gasteiger partial charge in [0.15, 0.2) is 0 Å². The first-order valence-electron chi connectivity index (χ1n) is 9.26. The zero-order valence-corrected chi connectivity index (χ0v) is 17.5. The number of halogens is 1. The van der Waals surface area contributed by atoms with E-state index in [4.69, 9.17) is 0 Å².